The largest absolute Gasteiger partial charge is 0.389 e. The first kappa shape index (κ1) is 25.6. The SMILES string of the molecule is O=C(/C=C/c1cc(F)cc(F)c1)N1CCC(O)(C(O)CN2CCC(c3c[nH]c4ccccc34)CC2)CC1. The fourth-order valence-electron chi connectivity index (χ4n) is 5.66. The quantitative estimate of drug-likeness (QED) is 0.438. The van der Waals surface area contributed by atoms with E-state index in [0.717, 1.165) is 49.6 Å². The Balaban J connectivity index is 1.10. The van der Waals surface area contributed by atoms with Crippen LogP contribution in [0.4, 0.5) is 8.78 Å². The van der Waals surface area contributed by atoms with Gasteiger partial charge in [-0.1, -0.05) is 18.2 Å². The van der Waals surface area contributed by atoms with E-state index in [9.17, 15) is 23.8 Å². The number of halogens is 2. The van der Waals surface area contributed by atoms with E-state index in [2.05, 4.69) is 34.3 Å². The Morgan fingerprint density at radius 2 is 1.76 bits per heavy atom. The molecule has 3 heterocycles. The molecular weight excluding hydrogens is 476 g/mol. The molecule has 0 spiro atoms. The molecule has 2 aromatic carbocycles. The number of amides is 1. The Labute approximate surface area is 215 Å². The van der Waals surface area contributed by atoms with Crippen molar-refractivity contribution < 1.29 is 23.8 Å². The van der Waals surface area contributed by atoms with Crippen LogP contribution in [-0.2, 0) is 4.79 Å². The number of nitrogens with zero attached hydrogens (tertiary/aromatic N) is 2. The molecule has 2 aliphatic rings. The molecule has 37 heavy (non-hydrogen) atoms. The number of aliphatic hydroxyl groups is 2. The number of fused-ring (bicyclic) bond motifs is 1. The average Bonchev–Trinajstić information content (AvgIpc) is 3.32. The fraction of sp³-hybridized carbons (Fsp3) is 0.414. The van der Waals surface area contributed by atoms with Crippen LogP contribution in [0.3, 0.4) is 0 Å². The van der Waals surface area contributed by atoms with Crippen LogP contribution in [-0.4, -0.2) is 75.3 Å². The highest BCUT2D eigenvalue weighted by Crippen LogP contribution is 2.34. The molecule has 0 bridgehead atoms. The zero-order valence-corrected chi connectivity index (χ0v) is 20.7. The Bertz CT molecular complexity index is 1250. The smallest absolute Gasteiger partial charge is 0.246 e. The molecule has 0 radical (unpaired) electrons. The number of benzene rings is 2. The number of H-pyrrole nitrogens is 1. The van der Waals surface area contributed by atoms with E-state index >= 15 is 0 Å². The van der Waals surface area contributed by atoms with E-state index in [1.165, 1.54) is 23.1 Å². The van der Waals surface area contributed by atoms with Gasteiger partial charge < -0.3 is 25.0 Å². The topological polar surface area (TPSA) is 79.8 Å². The molecule has 1 atom stereocenters. The van der Waals surface area contributed by atoms with Crippen molar-refractivity contribution in [2.45, 2.75) is 43.3 Å². The van der Waals surface area contributed by atoms with E-state index in [0.29, 0.717) is 25.6 Å². The number of β-amino-alcohol motifs (C(OH)–C–C–N with tert-alkyl or cyclic N) is 1. The summed E-state index contributed by atoms with van der Waals surface area (Å²) in [7, 11) is 0. The van der Waals surface area contributed by atoms with E-state index in [1.807, 2.05) is 6.07 Å². The number of aromatic amines is 1. The van der Waals surface area contributed by atoms with Gasteiger partial charge in [-0.3, -0.25) is 4.79 Å². The predicted molar refractivity (Wildman–Crippen MR) is 139 cm³/mol. The minimum Gasteiger partial charge on any atom is -0.389 e. The number of aromatic nitrogens is 1. The number of piperidine rings is 2. The van der Waals surface area contributed by atoms with Gasteiger partial charge >= 0.3 is 0 Å². The molecule has 5 rings (SSSR count). The number of hydrogen-bond acceptors (Lipinski definition) is 4. The molecule has 2 saturated heterocycles. The van der Waals surface area contributed by atoms with E-state index in [-0.39, 0.29) is 24.3 Å². The summed E-state index contributed by atoms with van der Waals surface area (Å²) in [5.74, 6) is -1.23. The van der Waals surface area contributed by atoms with E-state index < -0.39 is 23.3 Å². The summed E-state index contributed by atoms with van der Waals surface area (Å²) in [4.78, 5) is 19.7. The minimum atomic E-state index is -1.25. The number of carbonyl (C=O) groups is 1. The second kappa shape index (κ2) is 10.7. The van der Waals surface area contributed by atoms with Crippen LogP contribution in [0, 0.1) is 11.6 Å². The summed E-state index contributed by atoms with van der Waals surface area (Å²) in [5, 5.41) is 23.3. The number of nitrogens with one attached hydrogen (secondary N) is 1. The standard InChI is InChI=1S/C29H33F2N3O3/c30-22-15-20(16-23(31)17-22)5-6-28(36)34-13-9-29(37,10-14-34)27(35)19-33-11-7-21(8-12-33)25-18-32-26-4-2-1-3-24(25)26/h1-6,15-18,21,27,32,35,37H,7-14,19H2/b6-5+. The molecule has 2 fully saturated rings. The van der Waals surface area contributed by atoms with Gasteiger partial charge in [0.1, 0.15) is 11.6 Å². The molecule has 1 amide bonds. The molecule has 0 saturated carbocycles. The second-order valence-electron chi connectivity index (χ2n) is 10.3. The van der Waals surface area contributed by atoms with Gasteiger partial charge in [0.25, 0.3) is 0 Å². The van der Waals surface area contributed by atoms with Crippen LogP contribution in [0.25, 0.3) is 17.0 Å². The Kier molecular flexibility index (Phi) is 7.42. The number of para-hydroxylation sites is 1. The van der Waals surface area contributed by atoms with Crippen molar-refractivity contribution >= 4 is 22.9 Å². The van der Waals surface area contributed by atoms with Crippen LogP contribution < -0.4 is 0 Å². The van der Waals surface area contributed by atoms with Crippen molar-refractivity contribution in [3.63, 3.8) is 0 Å². The third-order valence-electron chi connectivity index (χ3n) is 7.94. The number of likely N-dealkylation sites (tertiary alicyclic amines) is 2. The molecule has 1 aromatic heterocycles. The highest BCUT2D eigenvalue weighted by atomic mass is 19.1. The highest BCUT2D eigenvalue weighted by molar-refractivity contribution is 5.91. The molecule has 6 nitrogen and oxygen atoms in total. The van der Waals surface area contributed by atoms with Crippen LogP contribution >= 0.6 is 0 Å². The lowest BCUT2D eigenvalue weighted by atomic mass is 9.84. The predicted octanol–water partition coefficient (Wildman–Crippen LogP) is 4.05. The summed E-state index contributed by atoms with van der Waals surface area (Å²) in [6.45, 7) is 2.71. The minimum absolute atomic E-state index is 0.267. The normalized spacial score (nSPS) is 20.1. The monoisotopic (exact) mass is 509 g/mol. The fourth-order valence-corrected chi connectivity index (χ4v) is 5.66. The number of hydrogen-bond donors (Lipinski definition) is 3. The average molecular weight is 510 g/mol. The van der Waals surface area contributed by atoms with Crippen LogP contribution in [0.15, 0.2) is 54.7 Å². The van der Waals surface area contributed by atoms with Crippen molar-refractivity contribution in [1.82, 2.24) is 14.8 Å². The Morgan fingerprint density at radius 1 is 1.08 bits per heavy atom. The highest BCUT2D eigenvalue weighted by Gasteiger charge is 2.40. The van der Waals surface area contributed by atoms with Gasteiger partial charge in [-0.05, 0) is 80.1 Å². The molecule has 2 aliphatic heterocycles. The molecule has 196 valence electrons. The molecule has 1 unspecified atom stereocenters. The molecule has 3 N–H and O–H groups in total. The first-order chi connectivity index (χ1) is 17.8. The van der Waals surface area contributed by atoms with Gasteiger partial charge in [0.2, 0.25) is 5.91 Å². The van der Waals surface area contributed by atoms with Crippen LogP contribution in [0.2, 0.25) is 0 Å². The van der Waals surface area contributed by atoms with Crippen LogP contribution in [0.1, 0.15) is 42.7 Å². The molecular formula is C29H33F2N3O3. The summed E-state index contributed by atoms with van der Waals surface area (Å²) in [6.07, 6.45) is 6.41. The first-order valence-electron chi connectivity index (χ1n) is 12.9. The van der Waals surface area contributed by atoms with Gasteiger partial charge in [-0.25, -0.2) is 8.78 Å². The van der Waals surface area contributed by atoms with Gasteiger partial charge in [0.05, 0.1) is 11.7 Å². The maximum absolute atomic E-state index is 13.4. The van der Waals surface area contributed by atoms with Gasteiger partial charge in [0.15, 0.2) is 0 Å². The van der Waals surface area contributed by atoms with Crippen molar-refractivity contribution in [1.29, 1.82) is 0 Å². The molecule has 3 aromatic rings. The number of rotatable bonds is 6. The second-order valence-corrected chi connectivity index (χ2v) is 10.3. The third kappa shape index (κ3) is 5.76. The summed E-state index contributed by atoms with van der Waals surface area (Å²) in [6, 6.07) is 11.4. The zero-order chi connectivity index (χ0) is 26.0. The lowest BCUT2D eigenvalue weighted by Gasteiger charge is -2.43. The third-order valence-corrected chi connectivity index (χ3v) is 7.94. The van der Waals surface area contributed by atoms with E-state index in [4.69, 9.17) is 0 Å². The van der Waals surface area contributed by atoms with Gasteiger partial charge in [-0.15, -0.1) is 0 Å². The number of aliphatic hydroxyl groups excluding tert-OH is 1. The summed E-state index contributed by atoms with van der Waals surface area (Å²) < 4.78 is 26.7. The molecule has 8 heteroatoms. The van der Waals surface area contributed by atoms with Crippen molar-refractivity contribution in [2.75, 3.05) is 32.7 Å². The van der Waals surface area contributed by atoms with Gasteiger partial charge in [0, 0.05) is 48.9 Å². The molecule has 0 aliphatic carbocycles. The Morgan fingerprint density at radius 3 is 2.46 bits per heavy atom. The lowest BCUT2D eigenvalue weighted by molar-refractivity contribution is -0.140. The van der Waals surface area contributed by atoms with Crippen molar-refractivity contribution in [3.8, 4) is 0 Å². The zero-order valence-electron chi connectivity index (χ0n) is 20.7. The van der Waals surface area contributed by atoms with Crippen molar-refractivity contribution in [3.05, 3.63) is 77.5 Å². The summed E-state index contributed by atoms with van der Waals surface area (Å²) in [5.41, 5.74) is 1.52. The maximum atomic E-state index is 13.4. The lowest BCUT2D eigenvalue weighted by Crippen LogP contribution is -2.56. The first-order valence-corrected chi connectivity index (χ1v) is 12.9. The summed E-state index contributed by atoms with van der Waals surface area (Å²) >= 11 is 0. The van der Waals surface area contributed by atoms with Crippen LogP contribution in [0.5, 0.6) is 0 Å². The van der Waals surface area contributed by atoms with Gasteiger partial charge in [-0.2, -0.15) is 0 Å². The maximum Gasteiger partial charge on any atom is 0.246 e. The Hall–Kier alpha value is -3.07. The number of carbonyl (C=O) groups excluding carboxylic acids is 1. The van der Waals surface area contributed by atoms with E-state index in [1.54, 1.807) is 4.90 Å². The van der Waals surface area contributed by atoms with Crippen molar-refractivity contribution in [2.24, 2.45) is 0 Å².